The van der Waals surface area contributed by atoms with E-state index in [1.54, 1.807) is 0 Å². The predicted molar refractivity (Wildman–Crippen MR) is 79.8 cm³/mol. The first-order valence-corrected chi connectivity index (χ1v) is 7.62. The Kier molecular flexibility index (Phi) is 5.18. The Bertz CT molecular complexity index is 540. The first kappa shape index (κ1) is 18.0. The highest BCUT2D eigenvalue weighted by molar-refractivity contribution is 5.57. The van der Waals surface area contributed by atoms with Crippen LogP contribution in [0, 0.1) is 5.92 Å². The molecule has 2 nitrogen and oxygen atoms in total. The third-order valence-corrected chi connectivity index (χ3v) is 3.79. The molecule has 1 aliphatic heterocycles. The van der Waals surface area contributed by atoms with E-state index in [2.05, 4.69) is 5.32 Å². The van der Waals surface area contributed by atoms with Crippen LogP contribution in [0.4, 0.5) is 27.6 Å². The minimum Gasteiger partial charge on any atom is -0.365 e. The molecule has 1 heterocycles. The summed E-state index contributed by atoms with van der Waals surface area (Å²) in [4.78, 5) is 1.35. The number of nitrogens with zero attached hydrogens (tertiary/aromatic N) is 1. The van der Waals surface area contributed by atoms with Gasteiger partial charge >= 0.3 is 6.18 Å². The van der Waals surface area contributed by atoms with E-state index in [1.165, 1.54) is 11.0 Å². The van der Waals surface area contributed by atoms with Crippen LogP contribution in [0.1, 0.15) is 31.4 Å². The lowest BCUT2D eigenvalue weighted by Gasteiger charge is -2.23. The summed E-state index contributed by atoms with van der Waals surface area (Å²) in [7, 11) is 0. The van der Waals surface area contributed by atoms with Crippen LogP contribution < -0.4 is 10.2 Å². The van der Waals surface area contributed by atoms with Crippen molar-refractivity contribution in [2.75, 3.05) is 24.5 Å². The summed E-state index contributed by atoms with van der Waals surface area (Å²) < 4.78 is 65.6. The number of hydrogen-bond donors (Lipinski definition) is 1. The maximum absolute atomic E-state index is 13.4. The van der Waals surface area contributed by atoms with E-state index in [4.69, 9.17) is 0 Å². The first-order chi connectivity index (χ1) is 10.6. The van der Waals surface area contributed by atoms with Crippen molar-refractivity contribution in [3.63, 3.8) is 0 Å². The van der Waals surface area contributed by atoms with Crippen molar-refractivity contribution in [2.45, 2.75) is 38.9 Å². The number of alkyl halides is 5. The molecule has 1 fully saturated rings. The van der Waals surface area contributed by atoms with Crippen molar-refractivity contribution in [1.29, 1.82) is 0 Å². The second-order valence-corrected chi connectivity index (χ2v) is 6.39. The number of hydrogen-bond acceptors (Lipinski definition) is 2. The molecule has 1 aromatic carbocycles. The van der Waals surface area contributed by atoms with Gasteiger partial charge in [-0.3, -0.25) is 0 Å². The Hall–Kier alpha value is -1.37. The molecule has 0 saturated carbocycles. The highest BCUT2D eigenvalue weighted by Gasteiger charge is 2.39. The predicted octanol–water partition coefficient (Wildman–Crippen LogP) is 4.30. The molecule has 0 aromatic heterocycles. The quantitative estimate of drug-likeness (QED) is 0.807. The van der Waals surface area contributed by atoms with Gasteiger partial charge in [0.1, 0.15) is 0 Å². The molecular weight excluding hydrogens is 315 g/mol. The van der Waals surface area contributed by atoms with Crippen LogP contribution in [-0.2, 0) is 12.7 Å². The fourth-order valence-electron chi connectivity index (χ4n) is 2.62. The average Bonchev–Trinajstić information content (AvgIpc) is 2.77. The normalized spacial score (nSPS) is 18.0. The average molecular weight is 336 g/mol. The van der Waals surface area contributed by atoms with Crippen LogP contribution in [-0.4, -0.2) is 25.6 Å². The van der Waals surface area contributed by atoms with E-state index in [0.717, 1.165) is 12.1 Å². The smallest absolute Gasteiger partial charge is 0.365 e. The van der Waals surface area contributed by atoms with Crippen LogP contribution >= 0.6 is 0 Å². The molecule has 0 spiro atoms. The molecular formula is C16H21F5N2. The second kappa shape index (κ2) is 6.63. The molecule has 1 aliphatic rings. The Balaban J connectivity index is 2.26. The SMILES string of the molecule is CC(C)CNCc1ccc(C(F)(F)F)cc1N1CCC(F)(F)C1. The van der Waals surface area contributed by atoms with Crippen molar-refractivity contribution in [3.8, 4) is 0 Å². The maximum Gasteiger partial charge on any atom is 0.416 e. The van der Waals surface area contributed by atoms with E-state index in [1.807, 2.05) is 13.8 Å². The zero-order valence-electron chi connectivity index (χ0n) is 13.2. The monoisotopic (exact) mass is 336 g/mol. The van der Waals surface area contributed by atoms with Gasteiger partial charge in [0, 0.05) is 25.2 Å². The first-order valence-electron chi connectivity index (χ1n) is 7.62. The van der Waals surface area contributed by atoms with Crippen molar-refractivity contribution < 1.29 is 22.0 Å². The molecule has 1 saturated heterocycles. The van der Waals surface area contributed by atoms with Crippen LogP contribution in [0.5, 0.6) is 0 Å². The number of halogens is 5. The third-order valence-electron chi connectivity index (χ3n) is 3.79. The lowest BCUT2D eigenvalue weighted by molar-refractivity contribution is -0.137. The summed E-state index contributed by atoms with van der Waals surface area (Å²) in [5, 5.41) is 3.15. The van der Waals surface area contributed by atoms with Gasteiger partial charge in [0.05, 0.1) is 12.1 Å². The molecule has 0 atom stereocenters. The molecule has 23 heavy (non-hydrogen) atoms. The zero-order chi connectivity index (χ0) is 17.3. The molecule has 0 unspecified atom stereocenters. The maximum atomic E-state index is 13.4. The van der Waals surface area contributed by atoms with Crippen molar-refractivity contribution >= 4 is 5.69 Å². The molecule has 0 radical (unpaired) electrons. The summed E-state index contributed by atoms with van der Waals surface area (Å²) in [6.45, 7) is 4.62. The summed E-state index contributed by atoms with van der Waals surface area (Å²) in [5.41, 5.74) is 0.0416. The lowest BCUT2D eigenvalue weighted by Crippen LogP contribution is -2.27. The van der Waals surface area contributed by atoms with Crippen LogP contribution in [0.2, 0.25) is 0 Å². The Morgan fingerprint density at radius 3 is 2.48 bits per heavy atom. The summed E-state index contributed by atoms with van der Waals surface area (Å²) >= 11 is 0. The highest BCUT2D eigenvalue weighted by atomic mass is 19.4. The fraction of sp³-hybridized carbons (Fsp3) is 0.625. The Morgan fingerprint density at radius 1 is 1.26 bits per heavy atom. The highest BCUT2D eigenvalue weighted by Crippen LogP contribution is 2.37. The van der Waals surface area contributed by atoms with Crippen LogP contribution in [0.15, 0.2) is 18.2 Å². The van der Waals surface area contributed by atoms with E-state index in [0.29, 0.717) is 24.6 Å². The van der Waals surface area contributed by atoms with Crippen molar-refractivity contribution in [3.05, 3.63) is 29.3 Å². The summed E-state index contributed by atoms with van der Waals surface area (Å²) in [6.07, 6.45) is -4.82. The molecule has 1 aromatic rings. The minimum atomic E-state index is -4.49. The number of nitrogens with one attached hydrogen (secondary N) is 1. The molecule has 0 amide bonds. The second-order valence-electron chi connectivity index (χ2n) is 6.39. The van der Waals surface area contributed by atoms with Gasteiger partial charge in [0.15, 0.2) is 0 Å². The number of rotatable bonds is 5. The van der Waals surface area contributed by atoms with E-state index in [9.17, 15) is 22.0 Å². The van der Waals surface area contributed by atoms with Gasteiger partial charge in [-0.1, -0.05) is 19.9 Å². The van der Waals surface area contributed by atoms with Crippen LogP contribution in [0.25, 0.3) is 0 Å². The molecule has 1 N–H and O–H groups in total. The molecule has 0 bridgehead atoms. The van der Waals surface area contributed by atoms with E-state index < -0.39 is 24.2 Å². The van der Waals surface area contributed by atoms with Gasteiger partial charge in [0.2, 0.25) is 0 Å². The van der Waals surface area contributed by atoms with Gasteiger partial charge in [-0.2, -0.15) is 13.2 Å². The summed E-state index contributed by atoms with van der Waals surface area (Å²) in [6, 6.07) is 3.36. The lowest BCUT2D eigenvalue weighted by atomic mass is 10.1. The Morgan fingerprint density at radius 2 is 1.96 bits per heavy atom. The molecule has 7 heteroatoms. The van der Waals surface area contributed by atoms with Crippen molar-refractivity contribution in [2.24, 2.45) is 5.92 Å². The molecule has 2 rings (SSSR count). The largest absolute Gasteiger partial charge is 0.416 e. The summed E-state index contributed by atoms with van der Waals surface area (Å²) in [5.74, 6) is -2.46. The molecule has 130 valence electrons. The number of benzene rings is 1. The van der Waals surface area contributed by atoms with Crippen LogP contribution in [0.3, 0.4) is 0 Å². The molecule has 0 aliphatic carbocycles. The third kappa shape index (κ3) is 4.80. The standard InChI is InChI=1S/C16H21F5N2/c1-11(2)8-22-9-12-3-4-13(16(19,20)21)7-14(12)23-6-5-15(17,18)10-23/h3-4,7,11,22H,5-6,8-10H2,1-2H3. The topological polar surface area (TPSA) is 15.3 Å². The van der Waals surface area contributed by atoms with Gasteiger partial charge in [-0.05, 0) is 30.2 Å². The minimum absolute atomic E-state index is 0.0610. The van der Waals surface area contributed by atoms with E-state index >= 15 is 0 Å². The number of anilines is 1. The van der Waals surface area contributed by atoms with Gasteiger partial charge < -0.3 is 10.2 Å². The van der Waals surface area contributed by atoms with Crippen molar-refractivity contribution in [1.82, 2.24) is 5.32 Å². The van der Waals surface area contributed by atoms with Gasteiger partial charge in [0.25, 0.3) is 5.92 Å². The zero-order valence-corrected chi connectivity index (χ0v) is 13.2. The van der Waals surface area contributed by atoms with Gasteiger partial charge in [-0.25, -0.2) is 8.78 Å². The van der Waals surface area contributed by atoms with Gasteiger partial charge in [-0.15, -0.1) is 0 Å². The Labute approximate surface area is 132 Å². The fourth-order valence-corrected chi connectivity index (χ4v) is 2.62. The van der Waals surface area contributed by atoms with E-state index in [-0.39, 0.29) is 18.7 Å².